The monoisotopic (exact) mass is 462 g/mol. The van der Waals surface area contributed by atoms with Gasteiger partial charge in [-0.2, -0.15) is 4.31 Å². The van der Waals surface area contributed by atoms with E-state index in [1.807, 2.05) is 19.1 Å². The van der Waals surface area contributed by atoms with Crippen LogP contribution in [0, 0.1) is 23.0 Å². The number of aryl methyl sites for hydroxylation is 2. The number of hydrogen-bond acceptors (Lipinski definition) is 4. The molecule has 5 rings (SSSR count). The van der Waals surface area contributed by atoms with E-state index in [2.05, 4.69) is 24.3 Å². The van der Waals surface area contributed by atoms with Crippen molar-refractivity contribution in [1.82, 2.24) is 4.31 Å². The van der Waals surface area contributed by atoms with Gasteiger partial charge in [0, 0.05) is 18.7 Å². The Bertz CT molecular complexity index is 1290. The Morgan fingerprint density at radius 2 is 1.67 bits per heavy atom. The molecule has 0 spiro atoms. The summed E-state index contributed by atoms with van der Waals surface area (Å²) in [6, 6.07) is 21.4. The van der Waals surface area contributed by atoms with Crippen molar-refractivity contribution >= 4 is 15.7 Å². The molecular formula is C26H26N2O4S. The lowest BCUT2D eigenvalue weighted by molar-refractivity contribution is -0.384. The third-order valence-corrected chi connectivity index (χ3v) is 9.05. The number of fused-ring (bicyclic) bond motifs is 3. The first-order chi connectivity index (χ1) is 15.8. The lowest BCUT2D eigenvalue weighted by Crippen LogP contribution is -2.46. The number of benzene rings is 3. The highest BCUT2D eigenvalue weighted by Crippen LogP contribution is 2.49. The Balaban J connectivity index is 1.58. The number of nitro groups is 1. The Labute approximate surface area is 194 Å². The van der Waals surface area contributed by atoms with Gasteiger partial charge in [0.2, 0.25) is 10.0 Å². The summed E-state index contributed by atoms with van der Waals surface area (Å²) >= 11 is 0. The molecule has 0 unspecified atom stereocenters. The molecule has 3 aromatic carbocycles. The predicted molar refractivity (Wildman–Crippen MR) is 127 cm³/mol. The van der Waals surface area contributed by atoms with Crippen LogP contribution in [0.5, 0.6) is 0 Å². The summed E-state index contributed by atoms with van der Waals surface area (Å²) in [5.74, 6) is 0.508. The largest absolute Gasteiger partial charge is 0.269 e. The summed E-state index contributed by atoms with van der Waals surface area (Å²) in [4.78, 5) is 11.0. The standard InChI is InChI=1S/C26H26N2O4S/c1-18-6-14-23(15-7-18)33(31,32)27-17-21-9-8-19-4-2-3-5-24(19)25(21)16-26(27)20-10-12-22(13-11-20)28(29)30/h2-7,10-15,21,25-26H,8-9,16-17H2,1H3/t21-,25-,26-/m1/s1. The molecule has 6 nitrogen and oxygen atoms in total. The molecule has 0 N–H and O–H groups in total. The van der Waals surface area contributed by atoms with Crippen LogP contribution in [0.2, 0.25) is 0 Å². The maximum Gasteiger partial charge on any atom is 0.269 e. The molecule has 0 aromatic heterocycles. The first kappa shape index (κ1) is 21.8. The average molecular weight is 463 g/mol. The fourth-order valence-corrected chi connectivity index (χ4v) is 7.09. The first-order valence-corrected chi connectivity index (χ1v) is 12.7. The number of nitrogens with zero attached hydrogens (tertiary/aromatic N) is 2. The van der Waals surface area contributed by atoms with Gasteiger partial charge in [-0.05, 0) is 66.8 Å². The zero-order valence-electron chi connectivity index (χ0n) is 18.4. The van der Waals surface area contributed by atoms with E-state index in [0.29, 0.717) is 13.0 Å². The number of piperidine rings is 1. The highest BCUT2D eigenvalue weighted by Gasteiger charge is 2.44. The van der Waals surface area contributed by atoms with Crippen LogP contribution >= 0.6 is 0 Å². The van der Waals surface area contributed by atoms with Gasteiger partial charge in [0.25, 0.3) is 5.69 Å². The molecule has 33 heavy (non-hydrogen) atoms. The molecule has 2 aliphatic rings. The third kappa shape index (κ3) is 3.96. The van der Waals surface area contributed by atoms with Crippen LogP contribution in [0.4, 0.5) is 5.69 Å². The van der Waals surface area contributed by atoms with Gasteiger partial charge in [-0.1, -0.05) is 54.1 Å². The Hall–Kier alpha value is -3.03. The average Bonchev–Trinajstić information content (AvgIpc) is 2.83. The predicted octanol–water partition coefficient (Wildman–Crippen LogP) is 5.39. The number of non-ortho nitro benzene ring substituents is 1. The summed E-state index contributed by atoms with van der Waals surface area (Å²) in [7, 11) is -3.73. The van der Waals surface area contributed by atoms with Crippen molar-refractivity contribution in [3.63, 3.8) is 0 Å². The normalized spacial score (nSPS) is 22.9. The van der Waals surface area contributed by atoms with E-state index in [-0.39, 0.29) is 28.5 Å². The smallest absolute Gasteiger partial charge is 0.258 e. The van der Waals surface area contributed by atoms with Crippen molar-refractivity contribution in [3.8, 4) is 0 Å². The molecule has 1 saturated heterocycles. The van der Waals surface area contributed by atoms with Gasteiger partial charge in [-0.3, -0.25) is 10.1 Å². The highest BCUT2D eigenvalue weighted by atomic mass is 32.2. The van der Waals surface area contributed by atoms with E-state index >= 15 is 0 Å². The maximum atomic E-state index is 13.8. The molecule has 3 aromatic rings. The van der Waals surface area contributed by atoms with Gasteiger partial charge >= 0.3 is 0 Å². The van der Waals surface area contributed by atoms with Crippen molar-refractivity contribution < 1.29 is 13.3 Å². The topological polar surface area (TPSA) is 80.5 Å². The van der Waals surface area contributed by atoms with Crippen LogP contribution in [-0.2, 0) is 16.4 Å². The second kappa shape index (κ2) is 8.39. The van der Waals surface area contributed by atoms with Gasteiger partial charge in [0.15, 0.2) is 0 Å². The minimum atomic E-state index is -3.73. The lowest BCUT2D eigenvalue weighted by Gasteiger charge is -2.46. The summed E-state index contributed by atoms with van der Waals surface area (Å²) in [6.45, 7) is 2.37. The zero-order chi connectivity index (χ0) is 23.2. The number of hydrogen-bond donors (Lipinski definition) is 0. The quantitative estimate of drug-likeness (QED) is 0.385. The van der Waals surface area contributed by atoms with Crippen molar-refractivity contribution in [3.05, 3.63) is 105 Å². The molecule has 1 aliphatic carbocycles. The van der Waals surface area contributed by atoms with E-state index in [1.54, 1.807) is 28.6 Å². The molecule has 0 amide bonds. The van der Waals surface area contributed by atoms with Crippen LogP contribution in [0.25, 0.3) is 0 Å². The highest BCUT2D eigenvalue weighted by molar-refractivity contribution is 7.89. The van der Waals surface area contributed by atoms with Gasteiger partial charge in [-0.15, -0.1) is 0 Å². The zero-order valence-corrected chi connectivity index (χ0v) is 19.2. The molecule has 0 radical (unpaired) electrons. The molecular weight excluding hydrogens is 436 g/mol. The molecule has 0 bridgehead atoms. The van der Waals surface area contributed by atoms with Gasteiger partial charge in [-0.25, -0.2) is 8.42 Å². The van der Waals surface area contributed by atoms with Crippen LogP contribution in [0.1, 0.15) is 47.1 Å². The first-order valence-electron chi connectivity index (χ1n) is 11.3. The molecule has 3 atom stereocenters. The van der Waals surface area contributed by atoms with Gasteiger partial charge < -0.3 is 0 Å². The number of sulfonamides is 1. The summed E-state index contributed by atoms with van der Waals surface area (Å²) in [5, 5.41) is 11.1. The van der Waals surface area contributed by atoms with E-state index in [4.69, 9.17) is 0 Å². The second-order valence-electron chi connectivity index (χ2n) is 9.09. The van der Waals surface area contributed by atoms with Crippen molar-refractivity contribution in [1.29, 1.82) is 0 Å². The Morgan fingerprint density at radius 1 is 0.970 bits per heavy atom. The van der Waals surface area contributed by atoms with Crippen molar-refractivity contribution in [2.24, 2.45) is 5.92 Å². The van der Waals surface area contributed by atoms with Crippen molar-refractivity contribution in [2.45, 2.75) is 43.0 Å². The van der Waals surface area contributed by atoms with E-state index in [9.17, 15) is 18.5 Å². The molecule has 1 fully saturated rings. The van der Waals surface area contributed by atoms with E-state index in [0.717, 1.165) is 24.0 Å². The minimum absolute atomic E-state index is 0.00314. The fraction of sp³-hybridized carbons (Fsp3) is 0.308. The van der Waals surface area contributed by atoms with Crippen molar-refractivity contribution in [2.75, 3.05) is 6.54 Å². The summed E-state index contributed by atoms with van der Waals surface area (Å²) < 4.78 is 29.2. The van der Waals surface area contributed by atoms with Crippen LogP contribution in [0.15, 0.2) is 77.7 Å². The Kier molecular flexibility index (Phi) is 5.54. The van der Waals surface area contributed by atoms with Gasteiger partial charge in [0.1, 0.15) is 0 Å². The molecule has 170 valence electrons. The van der Waals surface area contributed by atoms with Crippen LogP contribution in [0.3, 0.4) is 0 Å². The molecule has 1 aliphatic heterocycles. The van der Waals surface area contributed by atoms with Gasteiger partial charge in [0.05, 0.1) is 15.9 Å². The number of nitro benzene ring substituents is 1. The second-order valence-corrected chi connectivity index (χ2v) is 11.0. The summed E-state index contributed by atoms with van der Waals surface area (Å²) in [6.07, 6.45) is 2.57. The maximum absolute atomic E-state index is 13.8. The SMILES string of the molecule is Cc1ccc(S(=O)(=O)N2C[C@H]3CCc4ccccc4[C@@H]3C[C@@H]2c2ccc([N+](=O)[O-])cc2)cc1. The fourth-order valence-electron chi connectivity index (χ4n) is 5.41. The van der Waals surface area contributed by atoms with Crippen LogP contribution < -0.4 is 0 Å². The number of rotatable bonds is 4. The Morgan fingerprint density at radius 3 is 2.36 bits per heavy atom. The summed E-state index contributed by atoms with van der Waals surface area (Å²) in [5.41, 5.74) is 4.45. The third-order valence-electron chi connectivity index (χ3n) is 7.16. The molecule has 7 heteroatoms. The van der Waals surface area contributed by atoms with E-state index < -0.39 is 14.9 Å². The molecule has 0 saturated carbocycles. The minimum Gasteiger partial charge on any atom is -0.258 e. The molecule has 1 heterocycles. The van der Waals surface area contributed by atoms with E-state index in [1.165, 1.54) is 23.3 Å². The van der Waals surface area contributed by atoms with Crippen LogP contribution in [-0.4, -0.2) is 24.2 Å². The lowest BCUT2D eigenvalue weighted by atomic mass is 9.69.